The number of methoxy groups -OCH3 is 2. The van der Waals surface area contributed by atoms with E-state index in [4.69, 9.17) is 14.2 Å². The van der Waals surface area contributed by atoms with Crippen molar-refractivity contribution in [3.05, 3.63) is 54.1 Å². The first-order chi connectivity index (χ1) is 15.0. The molecular formula is C24H26N2O5. The molecule has 2 aromatic carbocycles. The second kappa shape index (κ2) is 9.93. The number of nitrogens with zero attached hydrogens (tertiary/aromatic N) is 1. The number of esters is 1. The third kappa shape index (κ3) is 5.12. The number of nitrogens with one attached hydrogen (secondary N) is 1. The molecule has 1 atom stereocenters. The van der Waals surface area contributed by atoms with Crippen molar-refractivity contribution < 1.29 is 23.8 Å². The minimum absolute atomic E-state index is 0.0182. The molecule has 3 rings (SSSR count). The van der Waals surface area contributed by atoms with Gasteiger partial charge in [-0.05, 0) is 43.7 Å². The number of ether oxygens (including phenoxy) is 3. The van der Waals surface area contributed by atoms with Crippen LogP contribution in [-0.2, 0) is 9.53 Å². The van der Waals surface area contributed by atoms with Gasteiger partial charge in [0.05, 0.1) is 31.0 Å². The van der Waals surface area contributed by atoms with E-state index in [1.165, 1.54) is 0 Å². The zero-order chi connectivity index (χ0) is 22.4. The van der Waals surface area contributed by atoms with Crippen LogP contribution in [-0.4, -0.2) is 43.7 Å². The molecule has 0 aliphatic heterocycles. The molecule has 0 spiro atoms. The smallest absolute Gasteiger partial charge is 0.339 e. The summed E-state index contributed by atoms with van der Waals surface area (Å²) in [4.78, 5) is 29.5. The minimum atomic E-state index is -0.584. The van der Waals surface area contributed by atoms with E-state index < -0.39 is 5.97 Å². The standard InChI is InChI=1S/C24H26N2O5/c1-5-15(2)25-23(27)14-31-24(28)18-13-20(26-19-9-7-6-8-17(18)19)16-10-11-21(29-3)22(12-16)30-4/h6-13,15H,5,14H2,1-4H3,(H,25,27)/t15-/m0/s1. The number of para-hydroxylation sites is 1. The van der Waals surface area contributed by atoms with Crippen LogP contribution in [0.25, 0.3) is 22.2 Å². The lowest BCUT2D eigenvalue weighted by molar-refractivity contribution is -0.124. The van der Waals surface area contributed by atoms with Crippen molar-refractivity contribution in [1.82, 2.24) is 10.3 Å². The maximum absolute atomic E-state index is 12.9. The Morgan fingerprint density at radius 1 is 1.03 bits per heavy atom. The molecule has 7 nitrogen and oxygen atoms in total. The van der Waals surface area contributed by atoms with Gasteiger partial charge in [-0.2, -0.15) is 0 Å². The van der Waals surface area contributed by atoms with Crippen LogP contribution < -0.4 is 14.8 Å². The molecule has 0 unspecified atom stereocenters. The van der Waals surface area contributed by atoms with Crippen LogP contribution in [0.3, 0.4) is 0 Å². The third-order valence-corrected chi connectivity index (χ3v) is 4.97. The SMILES string of the molecule is CC[C@H](C)NC(=O)COC(=O)c1cc(-c2ccc(OC)c(OC)c2)nc2ccccc12. The molecule has 31 heavy (non-hydrogen) atoms. The topological polar surface area (TPSA) is 86.8 Å². The van der Waals surface area contributed by atoms with Crippen LogP contribution in [0.2, 0.25) is 0 Å². The lowest BCUT2D eigenvalue weighted by Crippen LogP contribution is -2.35. The maximum Gasteiger partial charge on any atom is 0.339 e. The molecule has 0 bridgehead atoms. The van der Waals surface area contributed by atoms with Gasteiger partial charge in [-0.1, -0.05) is 25.1 Å². The van der Waals surface area contributed by atoms with Gasteiger partial charge in [0.15, 0.2) is 18.1 Å². The number of hydrogen-bond donors (Lipinski definition) is 1. The van der Waals surface area contributed by atoms with Crippen molar-refractivity contribution in [2.45, 2.75) is 26.3 Å². The normalized spacial score (nSPS) is 11.6. The van der Waals surface area contributed by atoms with Gasteiger partial charge in [-0.15, -0.1) is 0 Å². The molecule has 0 saturated carbocycles. The highest BCUT2D eigenvalue weighted by Crippen LogP contribution is 2.33. The lowest BCUT2D eigenvalue weighted by atomic mass is 10.0. The molecule has 0 aliphatic carbocycles. The van der Waals surface area contributed by atoms with Crippen LogP contribution in [0.5, 0.6) is 11.5 Å². The first-order valence-corrected chi connectivity index (χ1v) is 10.1. The minimum Gasteiger partial charge on any atom is -0.493 e. The first-order valence-electron chi connectivity index (χ1n) is 10.1. The van der Waals surface area contributed by atoms with Crippen molar-refractivity contribution >= 4 is 22.8 Å². The molecule has 0 radical (unpaired) electrons. The van der Waals surface area contributed by atoms with Gasteiger partial charge < -0.3 is 19.5 Å². The van der Waals surface area contributed by atoms with E-state index >= 15 is 0 Å². The highest BCUT2D eigenvalue weighted by Gasteiger charge is 2.18. The number of amides is 1. The van der Waals surface area contributed by atoms with Crippen molar-refractivity contribution in [1.29, 1.82) is 0 Å². The van der Waals surface area contributed by atoms with Gasteiger partial charge in [0.25, 0.3) is 5.91 Å². The molecule has 1 amide bonds. The van der Waals surface area contributed by atoms with Crippen LogP contribution in [0, 0.1) is 0 Å². The van der Waals surface area contributed by atoms with Crippen LogP contribution in [0.15, 0.2) is 48.5 Å². The molecule has 3 aromatic rings. The van der Waals surface area contributed by atoms with E-state index in [0.717, 1.165) is 12.0 Å². The molecule has 0 fully saturated rings. The Hall–Kier alpha value is -3.61. The van der Waals surface area contributed by atoms with Gasteiger partial charge in [-0.25, -0.2) is 9.78 Å². The Morgan fingerprint density at radius 3 is 2.48 bits per heavy atom. The number of carbonyl (C=O) groups excluding carboxylic acids is 2. The highest BCUT2D eigenvalue weighted by molar-refractivity contribution is 6.05. The zero-order valence-corrected chi connectivity index (χ0v) is 18.1. The fraction of sp³-hybridized carbons (Fsp3) is 0.292. The maximum atomic E-state index is 12.9. The lowest BCUT2D eigenvalue weighted by Gasteiger charge is -2.13. The zero-order valence-electron chi connectivity index (χ0n) is 18.1. The van der Waals surface area contributed by atoms with Gasteiger partial charge in [0.2, 0.25) is 0 Å². The van der Waals surface area contributed by atoms with Gasteiger partial charge >= 0.3 is 5.97 Å². The van der Waals surface area contributed by atoms with Crippen molar-refractivity contribution in [3.63, 3.8) is 0 Å². The molecule has 1 aromatic heterocycles. The van der Waals surface area contributed by atoms with E-state index in [2.05, 4.69) is 10.3 Å². The number of rotatable bonds is 8. The molecule has 0 saturated heterocycles. The fourth-order valence-corrected chi connectivity index (χ4v) is 3.12. The average Bonchev–Trinajstić information content (AvgIpc) is 2.81. The largest absolute Gasteiger partial charge is 0.493 e. The van der Waals surface area contributed by atoms with Crippen LogP contribution in [0.4, 0.5) is 0 Å². The first kappa shape index (κ1) is 22.1. The average molecular weight is 422 g/mol. The van der Waals surface area contributed by atoms with E-state index in [1.807, 2.05) is 38.1 Å². The Balaban J connectivity index is 1.94. The second-order valence-electron chi connectivity index (χ2n) is 7.09. The summed E-state index contributed by atoms with van der Waals surface area (Å²) < 4.78 is 16.0. The van der Waals surface area contributed by atoms with E-state index in [0.29, 0.717) is 33.7 Å². The number of fused-ring (bicyclic) bond motifs is 1. The fourth-order valence-electron chi connectivity index (χ4n) is 3.12. The summed E-state index contributed by atoms with van der Waals surface area (Å²) in [6, 6.07) is 14.4. The van der Waals surface area contributed by atoms with Gasteiger partial charge in [0.1, 0.15) is 0 Å². The second-order valence-corrected chi connectivity index (χ2v) is 7.09. The summed E-state index contributed by atoms with van der Waals surface area (Å²) in [5.41, 5.74) is 2.32. The summed E-state index contributed by atoms with van der Waals surface area (Å²) in [6.07, 6.45) is 0.795. The Kier molecular flexibility index (Phi) is 7.07. The highest BCUT2D eigenvalue weighted by atomic mass is 16.5. The quantitative estimate of drug-likeness (QED) is 0.553. The summed E-state index contributed by atoms with van der Waals surface area (Å²) in [7, 11) is 3.13. The van der Waals surface area contributed by atoms with Gasteiger partial charge in [0, 0.05) is 17.0 Å². The Labute approximate surface area is 181 Å². The number of aromatic nitrogens is 1. The van der Waals surface area contributed by atoms with Gasteiger partial charge in [-0.3, -0.25) is 4.79 Å². The molecule has 0 aliphatic rings. The summed E-state index contributed by atoms with van der Waals surface area (Å²) in [6.45, 7) is 3.52. The number of benzene rings is 2. The molecule has 1 heterocycles. The predicted octanol–water partition coefficient (Wildman–Crippen LogP) is 3.99. The number of pyridine rings is 1. The predicted molar refractivity (Wildman–Crippen MR) is 118 cm³/mol. The van der Waals surface area contributed by atoms with E-state index in [-0.39, 0.29) is 18.6 Å². The molecule has 7 heteroatoms. The van der Waals surface area contributed by atoms with Crippen molar-refractivity contribution in [2.75, 3.05) is 20.8 Å². The monoisotopic (exact) mass is 422 g/mol. The van der Waals surface area contributed by atoms with Crippen LogP contribution in [0.1, 0.15) is 30.6 Å². The summed E-state index contributed by atoms with van der Waals surface area (Å²) in [5, 5.41) is 3.43. The third-order valence-electron chi connectivity index (χ3n) is 4.97. The number of hydrogen-bond acceptors (Lipinski definition) is 6. The number of carbonyl (C=O) groups is 2. The van der Waals surface area contributed by atoms with Crippen molar-refractivity contribution in [3.8, 4) is 22.8 Å². The van der Waals surface area contributed by atoms with E-state index in [1.54, 1.807) is 38.5 Å². The molecule has 1 N–H and O–H groups in total. The summed E-state index contributed by atoms with van der Waals surface area (Å²) in [5.74, 6) is 0.237. The summed E-state index contributed by atoms with van der Waals surface area (Å²) >= 11 is 0. The Bertz CT molecular complexity index is 1100. The van der Waals surface area contributed by atoms with E-state index in [9.17, 15) is 9.59 Å². The van der Waals surface area contributed by atoms with Crippen molar-refractivity contribution in [2.24, 2.45) is 0 Å². The Morgan fingerprint density at radius 2 is 1.77 bits per heavy atom. The van der Waals surface area contributed by atoms with Crippen LogP contribution >= 0.6 is 0 Å². The molecular weight excluding hydrogens is 396 g/mol. The molecule has 162 valence electrons.